The first-order valence-electron chi connectivity index (χ1n) is 5.55. The molecule has 0 N–H and O–H groups in total. The topological polar surface area (TPSA) is 12.9 Å². The number of aromatic nitrogens is 1. The standard InChI is InChI=1S/C15H9F2N/c16-11-5-6-13(14(17)9-11)15-12-4-2-1-3-10(12)7-8-18-15/h1-9H. The Hall–Kier alpha value is -2.29. The van der Waals surface area contributed by atoms with Gasteiger partial charge in [-0.1, -0.05) is 24.3 Å². The highest BCUT2D eigenvalue weighted by atomic mass is 19.1. The zero-order chi connectivity index (χ0) is 12.5. The van der Waals surface area contributed by atoms with Crippen molar-refractivity contribution in [1.82, 2.24) is 4.98 Å². The van der Waals surface area contributed by atoms with E-state index in [9.17, 15) is 8.78 Å². The van der Waals surface area contributed by atoms with Crippen LogP contribution in [-0.2, 0) is 0 Å². The molecular weight excluding hydrogens is 232 g/mol. The minimum atomic E-state index is -0.598. The normalized spacial score (nSPS) is 10.8. The molecule has 1 heterocycles. The van der Waals surface area contributed by atoms with Crippen molar-refractivity contribution in [2.45, 2.75) is 0 Å². The molecule has 18 heavy (non-hydrogen) atoms. The molecule has 1 aromatic heterocycles. The predicted octanol–water partition coefficient (Wildman–Crippen LogP) is 4.18. The fourth-order valence-electron chi connectivity index (χ4n) is 2.02. The summed E-state index contributed by atoms with van der Waals surface area (Å²) < 4.78 is 26.7. The van der Waals surface area contributed by atoms with Gasteiger partial charge in [0.25, 0.3) is 0 Å². The summed E-state index contributed by atoms with van der Waals surface area (Å²) in [6, 6.07) is 13.0. The van der Waals surface area contributed by atoms with Crippen molar-refractivity contribution < 1.29 is 8.78 Å². The lowest BCUT2D eigenvalue weighted by Gasteiger charge is -2.06. The zero-order valence-electron chi connectivity index (χ0n) is 9.40. The second-order valence-electron chi connectivity index (χ2n) is 4.00. The minimum absolute atomic E-state index is 0.313. The number of hydrogen-bond donors (Lipinski definition) is 0. The summed E-state index contributed by atoms with van der Waals surface area (Å²) in [7, 11) is 0. The molecule has 0 unspecified atom stereocenters. The van der Waals surface area contributed by atoms with E-state index in [-0.39, 0.29) is 0 Å². The van der Waals surface area contributed by atoms with Gasteiger partial charge in [0.1, 0.15) is 11.6 Å². The summed E-state index contributed by atoms with van der Waals surface area (Å²) in [5.74, 6) is -1.18. The summed E-state index contributed by atoms with van der Waals surface area (Å²) in [5.41, 5.74) is 0.846. The molecule has 0 fully saturated rings. The monoisotopic (exact) mass is 241 g/mol. The van der Waals surface area contributed by atoms with Gasteiger partial charge in [-0.05, 0) is 23.6 Å². The van der Waals surface area contributed by atoms with E-state index < -0.39 is 11.6 Å². The van der Waals surface area contributed by atoms with Crippen LogP contribution in [0.25, 0.3) is 22.0 Å². The van der Waals surface area contributed by atoms with Crippen molar-refractivity contribution in [2.24, 2.45) is 0 Å². The Morgan fingerprint density at radius 2 is 1.72 bits per heavy atom. The Morgan fingerprint density at radius 1 is 0.889 bits per heavy atom. The van der Waals surface area contributed by atoms with Gasteiger partial charge in [0.2, 0.25) is 0 Å². The van der Waals surface area contributed by atoms with Gasteiger partial charge in [-0.2, -0.15) is 0 Å². The van der Waals surface area contributed by atoms with Gasteiger partial charge in [-0.25, -0.2) is 8.78 Å². The fraction of sp³-hybridized carbons (Fsp3) is 0. The zero-order valence-corrected chi connectivity index (χ0v) is 9.40. The van der Waals surface area contributed by atoms with Gasteiger partial charge in [-0.15, -0.1) is 0 Å². The van der Waals surface area contributed by atoms with Gasteiger partial charge >= 0.3 is 0 Å². The molecule has 2 aromatic carbocycles. The molecule has 0 atom stereocenters. The summed E-state index contributed by atoms with van der Waals surface area (Å²) >= 11 is 0. The molecule has 0 aliphatic rings. The molecule has 3 aromatic rings. The van der Waals surface area contributed by atoms with Crippen molar-refractivity contribution in [3.8, 4) is 11.3 Å². The van der Waals surface area contributed by atoms with Crippen LogP contribution in [0.5, 0.6) is 0 Å². The number of benzene rings is 2. The van der Waals surface area contributed by atoms with Crippen molar-refractivity contribution in [1.29, 1.82) is 0 Å². The Labute approximate surface area is 103 Å². The lowest BCUT2D eigenvalue weighted by atomic mass is 10.0. The molecule has 88 valence electrons. The van der Waals surface area contributed by atoms with Crippen LogP contribution in [0.1, 0.15) is 0 Å². The molecule has 0 bridgehead atoms. The third-order valence-electron chi connectivity index (χ3n) is 2.86. The average molecular weight is 241 g/mol. The van der Waals surface area contributed by atoms with Gasteiger partial charge < -0.3 is 0 Å². The first kappa shape index (κ1) is 10.8. The van der Waals surface area contributed by atoms with Crippen LogP contribution in [0.15, 0.2) is 54.7 Å². The predicted molar refractivity (Wildman–Crippen MR) is 67.1 cm³/mol. The Bertz CT molecular complexity index is 717. The summed E-state index contributed by atoms with van der Waals surface area (Å²) in [5, 5.41) is 1.83. The maximum Gasteiger partial charge on any atom is 0.135 e. The average Bonchev–Trinajstić information content (AvgIpc) is 2.38. The molecule has 3 heteroatoms. The lowest BCUT2D eigenvalue weighted by Crippen LogP contribution is -1.90. The van der Waals surface area contributed by atoms with E-state index in [2.05, 4.69) is 4.98 Å². The highest BCUT2D eigenvalue weighted by Gasteiger charge is 2.10. The smallest absolute Gasteiger partial charge is 0.135 e. The molecule has 1 nitrogen and oxygen atoms in total. The number of rotatable bonds is 1. The van der Waals surface area contributed by atoms with Crippen molar-refractivity contribution in [3.05, 3.63) is 66.4 Å². The quantitative estimate of drug-likeness (QED) is 0.622. The van der Waals surface area contributed by atoms with Gasteiger partial charge in [-0.3, -0.25) is 4.98 Å². The highest BCUT2D eigenvalue weighted by Crippen LogP contribution is 2.28. The van der Waals surface area contributed by atoms with E-state index in [1.807, 2.05) is 30.3 Å². The van der Waals surface area contributed by atoms with Crippen molar-refractivity contribution in [2.75, 3.05) is 0 Å². The van der Waals surface area contributed by atoms with Gasteiger partial charge in [0.05, 0.1) is 5.69 Å². The molecule has 0 spiro atoms. The molecule has 0 radical (unpaired) electrons. The van der Waals surface area contributed by atoms with Crippen molar-refractivity contribution in [3.63, 3.8) is 0 Å². The third kappa shape index (κ3) is 1.74. The molecule has 0 saturated heterocycles. The lowest BCUT2D eigenvalue weighted by molar-refractivity contribution is 0.585. The molecule has 0 aliphatic carbocycles. The Kier molecular flexibility index (Phi) is 2.52. The van der Waals surface area contributed by atoms with Crippen LogP contribution in [0, 0.1) is 11.6 Å². The number of nitrogens with zero attached hydrogens (tertiary/aromatic N) is 1. The van der Waals surface area contributed by atoms with Gasteiger partial charge in [0, 0.05) is 23.2 Å². The van der Waals surface area contributed by atoms with E-state index in [0.717, 1.165) is 16.8 Å². The molecule has 0 saturated carbocycles. The Balaban J connectivity index is 2.31. The van der Waals surface area contributed by atoms with Crippen molar-refractivity contribution >= 4 is 10.8 Å². The second-order valence-corrected chi connectivity index (χ2v) is 4.00. The largest absolute Gasteiger partial charge is 0.255 e. The number of hydrogen-bond acceptors (Lipinski definition) is 1. The van der Waals surface area contributed by atoms with Crippen LogP contribution in [-0.4, -0.2) is 4.98 Å². The second kappa shape index (κ2) is 4.18. The maximum atomic E-state index is 13.8. The first-order valence-corrected chi connectivity index (χ1v) is 5.55. The van der Waals surface area contributed by atoms with E-state index in [0.29, 0.717) is 11.3 Å². The number of pyridine rings is 1. The van der Waals surface area contributed by atoms with E-state index in [1.165, 1.54) is 12.1 Å². The fourth-order valence-corrected chi connectivity index (χ4v) is 2.02. The Morgan fingerprint density at radius 3 is 2.56 bits per heavy atom. The van der Waals surface area contributed by atoms with E-state index in [1.54, 1.807) is 6.20 Å². The molecule has 0 aliphatic heterocycles. The molecular formula is C15H9F2N. The third-order valence-corrected chi connectivity index (χ3v) is 2.86. The molecule has 3 rings (SSSR count). The van der Waals surface area contributed by atoms with Crippen LogP contribution in [0.2, 0.25) is 0 Å². The molecule has 0 amide bonds. The van der Waals surface area contributed by atoms with Crippen LogP contribution in [0.4, 0.5) is 8.78 Å². The first-order chi connectivity index (χ1) is 8.75. The van der Waals surface area contributed by atoms with E-state index in [4.69, 9.17) is 0 Å². The summed E-state index contributed by atoms with van der Waals surface area (Å²) in [4.78, 5) is 4.21. The minimum Gasteiger partial charge on any atom is -0.255 e. The SMILES string of the molecule is Fc1ccc(-c2nccc3ccccc23)c(F)c1. The number of fused-ring (bicyclic) bond motifs is 1. The van der Waals surface area contributed by atoms with Crippen LogP contribution >= 0.6 is 0 Å². The maximum absolute atomic E-state index is 13.8. The number of halogens is 2. The highest BCUT2D eigenvalue weighted by molar-refractivity contribution is 5.94. The summed E-state index contributed by atoms with van der Waals surface area (Å²) in [6.07, 6.45) is 1.63. The van der Waals surface area contributed by atoms with Gasteiger partial charge in [0.15, 0.2) is 0 Å². The van der Waals surface area contributed by atoms with E-state index >= 15 is 0 Å². The van der Waals surface area contributed by atoms with Crippen LogP contribution < -0.4 is 0 Å². The van der Waals surface area contributed by atoms with Crippen LogP contribution in [0.3, 0.4) is 0 Å². The summed E-state index contributed by atoms with van der Waals surface area (Å²) in [6.45, 7) is 0.